The predicted molar refractivity (Wildman–Crippen MR) is 73.9 cm³/mol. The van der Waals surface area contributed by atoms with Crippen LogP contribution in [-0.4, -0.2) is 13.1 Å². The smallest absolute Gasteiger partial charge is 0.343 e. The van der Waals surface area contributed by atoms with Gasteiger partial charge in [-0.1, -0.05) is 23.8 Å². The molecule has 0 bridgehead atoms. The number of ether oxygens (including phenoxy) is 2. The third-order valence-corrected chi connectivity index (χ3v) is 2.81. The first-order valence-electron chi connectivity index (χ1n) is 6.03. The van der Waals surface area contributed by atoms with E-state index in [4.69, 9.17) is 9.47 Å². The van der Waals surface area contributed by atoms with Crippen LogP contribution in [0.15, 0.2) is 42.5 Å². The van der Waals surface area contributed by atoms with Crippen LogP contribution in [0.3, 0.4) is 0 Å². The molecule has 0 N–H and O–H groups in total. The zero-order chi connectivity index (χ0) is 13.8. The van der Waals surface area contributed by atoms with Crippen LogP contribution in [0.1, 0.15) is 21.5 Å². The van der Waals surface area contributed by atoms with E-state index in [0.29, 0.717) is 17.1 Å². The van der Waals surface area contributed by atoms with Gasteiger partial charge in [0, 0.05) is 0 Å². The molecule has 0 atom stereocenters. The van der Waals surface area contributed by atoms with Gasteiger partial charge in [0.2, 0.25) is 0 Å². The third-order valence-electron chi connectivity index (χ3n) is 2.81. The first kappa shape index (κ1) is 13.1. The van der Waals surface area contributed by atoms with Crippen molar-refractivity contribution in [3.8, 4) is 11.5 Å². The molecular formula is C16H16O3. The van der Waals surface area contributed by atoms with Crippen molar-refractivity contribution >= 4 is 5.97 Å². The molecule has 0 unspecified atom stereocenters. The number of carbonyl (C=O) groups excluding carboxylic acids is 1. The quantitative estimate of drug-likeness (QED) is 0.622. The average molecular weight is 256 g/mol. The number of aryl methyl sites for hydroxylation is 2. The van der Waals surface area contributed by atoms with Gasteiger partial charge in [-0.3, -0.25) is 0 Å². The van der Waals surface area contributed by atoms with Gasteiger partial charge in [0.25, 0.3) is 0 Å². The minimum atomic E-state index is -0.385. The lowest BCUT2D eigenvalue weighted by molar-refractivity contribution is 0.0729. The Balaban J connectivity index is 2.23. The van der Waals surface area contributed by atoms with E-state index in [1.54, 1.807) is 31.4 Å². The molecule has 0 spiro atoms. The summed E-state index contributed by atoms with van der Waals surface area (Å²) in [6.45, 7) is 3.90. The zero-order valence-corrected chi connectivity index (χ0v) is 11.3. The summed E-state index contributed by atoms with van der Waals surface area (Å²) in [6.07, 6.45) is 0. The first-order chi connectivity index (χ1) is 9.10. The number of methoxy groups -OCH3 is 1. The molecule has 98 valence electrons. The molecule has 0 aliphatic carbocycles. The van der Waals surface area contributed by atoms with Gasteiger partial charge in [-0.25, -0.2) is 4.79 Å². The third kappa shape index (κ3) is 3.13. The topological polar surface area (TPSA) is 35.5 Å². The molecule has 2 aromatic carbocycles. The van der Waals surface area contributed by atoms with Gasteiger partial charge in [-0.2, -0.15) is 0 Å². The number of esters is 1. The summed E-state index contributed by atoms with van der Waals surface area (Å²) in [6, 6.07) is 12.7. The van der Waals surface area contributed by atoms with Crippen LogP contribution in [0.5, 0.6) is 11.5 Å². The van der Waals surface area contributed by atoms with Crippen LogP contribution in [0.25, 0.3) is 0 Å². The highest BCUT2D eigenvalue weighted by atomic mass is 16.6. The van der Waals surface area contributed by atoms with Gasteiger partial charge < -0.3 is 9.47 Å². The Kier molecular flexibility index (Phi) is 3.85. The number of hydrogen-bond acceptors (Lipinski definition) is 3. The van der Waals surface area contributed by atoms with Crippen LogP contribution in [-0.2, 0) is 0 Å². The molecule has 0 aliphatic heterocycles. The molecule has 0 aliphatic rings. The van der Waals surface area contributed by atoms with Crippen molar-refractivity contribution < 1.29 is 14.3 Å². The minimum absolute atomic E-state index is 0.385. The van der Waals surface area contributed by atoms with Gasteiger partial charge in [0.1, 0.15) is 0 Å². The highest BCUT2D eigenvalue weighted by Crippen LogP contribution is 2.28. The SMILES string of the molecule is COc1ccc(C)cc1OC(=O)c1ccc(C)cc1. The Morgan fingerprint density at radius 1 is 0.895 bits per heavy atom. The van der Waals surface area contributed by atoms with Crippen LogP contribution in [0, 0.1) is 13.8 Å². The summed E-state index contributed by atoms with van der Waals surface area (Å²) >= 11 is 0. The molecule has 0 radical (unpaired) electrons. The van der Waals surface area contributed by atoms with E-state index in [0.717, 1.165) is 11.1 Å². The predicted octanol–water partition coefficient (Wildman–Crippen LogP) is 3.53. The van der Waals surface area contributed by atoms with Crippen molar-refractivity contribution in [1.82, 2.24) is 0 Å². The number of hydrogen-bond donors (Lipinski definition) is 0. The van der Waals surface area contributed by atoms with Crippen molar-refractivity contribution in [1.29, 1.82) is 0 Å². The fourth-order valence-corrected chi connectivity index (χ4v) is 1.71. The van der Waals surface area contributed by atoms with Gasteiger partial charge in [-0.05, 0) is 43.7 Å². The monoisotopic (exact) mass is 256 g/mol. The Morgan fingerprint density at radius 2 is 1.53 bits per heavy atom. The van der Waals surface area contributed by atoms with Crippen LogP contribution < -0.4 is 9.47 Å². The van der Waals surface area contributed by atoms with E-state index in [1.807, 2.05) is 32.0 Å². The lowest BCUT2D eigenvalue weighted by Gasteiger charge is -2.10. The lowest BCUT2D eigenvalue weighted by atomic mass is 10.1. The van der Waals surface area contributed by atoms with Gasteiger partial charge in [0.05, 0.1) is 12.7 Å². The molecule has 3 nitrogen and oxygen atoms in total. The lowest BCUT2D eigenvalue weighted by Crippen LogP contribution is -2.09. The summed E-state index contributed by atoms with van der Waals surface area (Å²) in [4.78, 5) is 12.0. The standard InChI is InChI=1S/C16H16O3/c1-11-4-7-13(8-5-11)16(17)19-15-10-12(2)6-9-14(15)18-3/h4-10H,1-3H3. The fraction of sp³-hybridized carbons (Fsp3) is 0.188. The van der Waals surface area contributed by atoms with Gasteiger partial charge in [-0.15, -0.1) is 0 Å². The molecule has 0 aromatic heterocycles. The summed E-state index contributed by atoms with van der Waals surface area (Å²) in [5, 5.41) is 0. The second kappa shape index (κ2) is 5.57. The summed E-state index contributed by atoms with van der Waals surface area (Å²) in [5.41, 5.74) is 2.63. The maximum Gasteiger partial charge on any atom is 0.343 e. The maximum atomic E-state index is 12.0. The van der Waals surface area contributed by atoms with Crippen LogP contribution >= 0.6 is 0 Å². The molecular weight excluding hydrogens is 240 g/mol. The minimum Gasteiger partial charge on any atom is -0.493 e. The van der Waals surface area contributed by atoms with E-state index >= 15 is 0 Å². The fourth-order valence-electron chi connectivity index (χ4n) is 1.71. The molecule has 3 heteroatoms. The molecule has 0 heterocycles. The largest absolute Gasteiger partial charge is 0.493 e. The number of benzene rings is 2. The van der Waals surface area contributed by atoms with Gasteiger partial charge >= 0.3 is 5.97 Å². The highest BCUT2D eigenvalue weighted by Gasteiger charge is 2.12. The molecule has 2 aromatic rings. The second-order valence-electron chi connectivity index (χ2n) is 4.41. The van der Waals surface area contributed by atoms with Crippen LogP contribution in [0.4, 0.5) is 0 Å². The van der Waals surface area contributed by atoms with E-state index < -0.39 is 0 Å². The zero-order valence-electron chi connectivity index (χ0n) is 11.3. The summed E-state index contributed by atoms with van der Waals surface area (Å²) in [7, 11) is 1.55. The first-order valence-corrected chi connectivity index (χ1v) is 6.03. The van der Waals surface area contributed by atoms with Gasteiger partial charge in [0.15, 0.2) is 11.5 Å². The van der Waals surface area contributed by atoms with E-state index in [1.165, 1.54) is 0 Å². The number of carbonyl (C=O) groups is 1. The molecule has 0 fully saturated rings. The maximum absolute atomic E-state index is 12.0. The Labute approximate surface area is 112 Å². The number of rotatable bonds is 3. The Bertz CT molecular complexity index is 585. The van der Waals surface area contributed by atoms with Crippen molar-refractivity contribution in [3.63, 3.8) is 0 Å². The Morgan fingerprint density at radius 3 is 2.16 bits per heavy atom. The van der Waals surface area contributed by atoms with Crippen LogP contribution in [0.2, 0.25) is 0 Å². The summed E-state index contributed by atoms with van der Waals surface area (Å²) in [5.74, 6) is 0.600. The van der Waals surface area contributed by atoms with Crippen molar-refractivity contribution in [3.05, 3.63) is 59.2 Å². The van der Waals surface area contributed by atoms with Crippen molar-refractivity contribution in [2.24, 2.45) is 0 Å². The highest BCUT2D eigenvalue weighted by molar-refractivity contribution is 5.91. The molecule has 2 rings (SSSR count). The molecule has 19 heavy (non-hydrogen) atoms. The molecule has 0 saturated heterocycles. The molecule has 0 amide bonds. The average Bonchev–Trinajstić information content (AvgIpc) is 2.39. The van der Waals surface area contributed by atoms with E-state index in [9.17, 15) is 4.79 Å². The van der Waals surface area contributed by atoms with Crippen molar-refractivity contribution in [2.45, 2.75) is 13.8 Å². The van der Waals surface area contributed by atoms with E-state index in [-0.39, 0.29) is 5.97 Å². The molecule has 0 saturated carbocycles. The van der Waals surface area contributed by atoms with E-state index in [2.05, 4.69) is 0 Å². The second-order valence-corrected chi connectivity index (χ2v) is 4.41. The summed E-state index contributed by atoms with van der Waals surface area (Å²) < 4.78 is 10.6. The Hall–Kier alpha value is -2.29. The van der Waals surface area contributed by atoms with Crippen molar-refractivity contribution in [2.75, 3.05) is 7.11 Å². The normalized spacial score (nSPS) is 10.1.